The second-order valence-corrected chi connectivity index (χ2v) is 9.28. The van der Waals surface area contributed by atoms with Gasteiger partial charge >= 0.3 is 6.03 Å². The summed E-state index contributed by atoms with van der Waals surface area (Å²) in [5, 5.41) is 4.83. The Kier molecular flexibility index (Phi) is 6.21. The highest BCUT2D eigenvalue weighted by molar-refractivity contribution is 6.09. The summed E-state index contributed by atoms with van der Waals surface area (Å²) in [4.78, 5) is 46.5. The predicted molar refractivity (Wildman–Crippen MR) is 130 cm³/mol. The molecule has 2 fully saturated rings. The van der Waals surface area contributed by atoms with Gasteiger partial charge in [0.1, 0.15) is 12.1 Å². The molecule has 2 aliphatic heterocycles. The van der Waals surface area contributed by atoms with Gasteiger partial charge in [0.15, 0.2) is 0 Å². The maximum atomic E-state index is 13.5. The summed E-state index contributed by atoms with van der Waals surface area (Å²) in [6, 6.07) is 16.7. The zero-order chi connectivity index (χ0) is 24.4. The number of urea groups is 1. The molecule has 4 amide bonds. The number of fused-ring (bicyclic) bond motifs is 1. The number of pyridine rings is 1. The lowest BCUT2D eigenvalue weighted by molar-refractivity contribution is -0.140. The van der Waals surface area contributed by atoms with E-state index in [-0.39, 0.29) is 18.6 Å². The smallest absolute Gasteiger partial charge is 0.325 e. The number of nitrogens with one attached hydrogen (secondary N) is 1. The van der Waals surface area contributed by atoms with Crippen LogP contribution in [0.2, 0.25) is 0 Å². The van der Waals surface area contributed by atoms with Gasteiger partial charge in [-0.05, 0) is 53.8 Å². The molecule has 3 heterocycles. The number of rotatable bonds is 7. The maximum Gasteiger partial charge on any atom is 0.325 e. The van der Waals surface area contributed by atoms with Crippen molar-refractivity contribution in [2.24, 2.45) is 0 Å². The number of hydrogen-bond donors (Lipinski definition) is 1. The first-order chi connectivity index (χ1) is 16.9. The van der Waals surface area contributed by atoms with E-state index in [1.54, 1.807) is 24.2 Å². The Morgan fingerprint density at radius 2 is 2.00 bits per heavy atom. The van der Waals surface area contributed by atoms with E-state index in [1.807, 2.05) is 54.6 Å². The molecule has 2 saturated heterocycles. The molecule has 0 spiro atoms. The third-order valence-corrected chi connectivity index (χ3v) is 6.79. The first-order valence-corrected chi connectivity index (χ1v) is 11.9. The zero-order valence-electron chi connectivity index (χ0n) is 19.6. The van der Waals surface area contributed by atoms with Crippen LogP contribution >= 0.6 is 0 Å². The second kappa shape index (κ2) is 9.46. The van der Waals surface area contributed by atoms with Crippen molar-refractivity contribution in [2.75, 3.05) is 19.7 Å². The fourth-order valence-electron chi connectivity index (χ4n) is 4.77. The molecular weight excluding hydrogens is 444 g/mol. The van der Waals surface area contributed by atoms with Gasteiger partial charge in [0, 0.05) is 32.1 Å². The minimum Gasteiger partial charge on any atom is -0.376 e. The molecule has 1 N–H and O–H groups in total. The summed E-state index contributed by atoms with van der Waals surface area (Å²) < 4.78 is 5.74. The summed E-state index contributed by atoms with van der Waals surface area (Å²) in [5.74, 6) is -0.750. The van der Waals surface area contributed by atoms with Crippen molar-refractivity contribution in [3.8, 4) is 0 Å². The topological polar surface area (TPSA) is 91.8 Å². The number of hydrogen-bond acceptors (Lipinski definition) is 5. The number of carbonyl (C=O) groups is 3. The molecule has 1 aromatic heterocycles. The molecule has 35 heavy (non-hydrogen) atoms. The third kappa shape index (κ3) is 4.61. The van der Waals surface area contributed by atoms with Crippen LogP contribution in [0, 0.1) is 0 Å². The van der Waals surface area contributed by atoms with E-state index in [1.165, 1.54) is 0 Å². The van der Waals surface area contributed by atoms with E-state index >= 15 is 0 Å². The number of amides is 4. The average Bonchev–Trinajstić information content (AvgIpc) is 3.46. The van der Waals surface area contributed by atoms with Crippen LogP contribution in [0.5, 0.6) is 0 Å². The Balaban J connectivity index is 1.35. The Morgan fingerprint density at radius 3 is 2.74 bits per heavy atom. The summed E-state index contributed by atoms with van der Waals surface area (Å²) in [5.41, 5.74) is 0.303. The molecule has 2 atom stereocenters. The van der Waals surface area contributed by atoms with Gasteiger partial charge in [-0.3, -0.25) is 19.5 Å². The Hall–Kier alpha value is -3.78. The van der Waals surface area contributed by atoms with Gasteiger partial charge in [-0.1, -0.05) is 42.5 Å². The van der Waals surface area contributed by atoms with E-state index in [0.717, 1.165) is 34.1 Å². The van der Waals surface area contributed by atoms with Crippen molar-refractivity contribution >= 4 is 28.6 Å². The Labute approximate surface area is 203 Å². The lowest BCUT2D eigenvalue weighted by Crippen LogP contribution is -2.46. The largest absolute Gasteiger partial charge is 0.376 e. The number of aromatic nitrogens is 1. The van der Waals surface area contributed by atoms with Crippen LogP contribution in [0.3, 0.4) is 0 Å². The summed E-state index contributed by atoms with van der Waals surface area (Å²) in [6.07, 6.45) is 5.16. The highest BCUT2D eigenvalue weighted by atomic mass is 16.5. The molecule has 3 aromatic rings. The van der Waals surface area contributed by atoms with Crippen LogP contribution in [0.15, 0.2) is 67.0 Å². The zero-order valence-corrected chi connectivity index (χ0v) is 19.6. The molecule has 0 radical (unpaired) electrons. The van der Waals surface area contributed by atoms with Crippen LogP contribution in [-0.2, 0) is 26.4 Å². The minimum absolute atomic E-state index is 0.0541. The molecular formula is C27H28N4O4. The van der Waals surface area contributed by atoms with Gasteiger partial charge in [-0.2, -0.15) is 0 Å². The van der Waals surface area contributed by atoms with Crippen LogP contribution in [0.4, 0.5) is 4.79 Å². The van der Waals surface area contributed by atoms with Crippen LogP contribution in [-0.4, -0.2) is 58.4 Å². The summed E-state index contributed by atoms with van der Waals surface area (Å²) in [6.45, 7) is 2.76. The molecule has 0 bridgehead atoms. The predicted octanol–water partition coefficient (Wildman–Crippen LogP) is 3.21. The van der Waals surface area contributed by atoms with E-state index in [2.05, 4.69) is 10.3 Å². The summed E-state index contributed by atoms with van der Waals surface area (Å²) >= 11 is 0. The first-order valence-electron chi connectivity index (χ1n) is 11.9. The van der Waals surface area contributed by atoms with Crippen molar-refractivity contribution in [1.82, 2.24) is 20.1 Å². The van der Waals surface area contributed by atoms with Crippen LogP contribution < -0.4 is 5.32 Å². The summed E-state index contributed by atoms with van der Waals surface area (Å²) in [7, 11) is 0. The second-order valence-electron chi connectivity index (χ2n) is 9.28. The van der Waals surface area contributed by atoms with Gasteiger partial charge in [-0.25, -0.2) is 4.79 Å². The van der Waals surface area contributed by atoms with Gasteiger partial charge in [-0.15, -0.1) is 0 Å². The van der Waals surface area contributed by atoms with E-state index in [4.69, 9.17) is 4.74 Å². The fourth-order valence-corrected chi connectivity index (χ4v) is 4.77. The first kappa shape index (κ1) is 23.0. The Morgan fingerprint density at radius 1 is 1.17 bits per heavy atom. The lowest BCUT2D eigenvalue weighted by Gasteiger charge is -2.27. The van der Waals surface area contributed by atoms with Gasteiger partial charge < -0.3 is 15.0 Å². The van der Waals surface area contributed by atoms with Crippen LogP contribution in [0.1, 0.15) is 30.9 Å². The monoisotopic (exact) mass is 472 g/mol. The number of ether oxygens (including phenoxy) is 1. The average molecular weight is 473 g/mol. The number of carbonyl (C=O) groups excluding carboxylic acids is 3. The molecule has 0 saturated carbocycles. The van der Waals surface area contributed by atoms with E-state index in [9.17, 15) is 14.4 Å². The molecule has 2 aromatic carbocycles. The SMILES string of the molecule is CC1(c2ccc3ccccc3c2)NC(=O)N(CC(=O)N(Cc2cccnc2)CC2CCCO2)C1=O. The van der Waals surface area contributed by atoms with Crippen molar-refractivity contribution in [2.45, 2.75) is 38.0 Å². The molecule has 0 aliphatic carbocycles. The Bertz CT molecular complexity index is 1260. The highest BCUT2D eigenvalue weighted by Crippen LogP contribution is 2.31. The molecule has 180 valence electrons. The van der Waals surface area contributed by atoms with E-state index < -0.39 is 17.5 Å². The standard InChI is InChI=1S/C27H28N4O4/c1-27(22-11-10-20-7-2-3-8-21(20)14-22)25(33)31(26(34)29-27)18-24(32)30(17-23-9-5-13-35-23)16-19-6-4-12-28-15-19/h2-4,6-8,10-12,14-15,23H,5,9,13,16-18H2,1H3,(H,29,34). The number of nitrogens with zero attached hydrogens (tertiary/aromatic N) is 3. The number of imide groups is 1. The quantitative estimate of drug-likeness (QED) is 0.533. The number of benzene rings is 2. The van der Waals surface area contributed by atoms with Gasteiger partial charge in [0.25, 0.3) is 5.91 Å². The third-order valence-electron chi connectivity index (χ3n) is 6.79. The van der Waals surface area contributed by atoms with Crippen LogP contribution in [0.25, 0.3) is 10.8 Å². The molecule has 2 aliphatic rings. The van der Waals surface area contributed by atoms with Crippen molar-refractivity contribution < 1.29 is 19.1 Å². The van der Waals surface area contributed by atoms with Crippen molar-refractivity contribution in [3.05, 3.63) is 78.1 Å². The maximum absolute atomic E-state index is 13.5. The van der Waals surface area contributed by atoms with Gasteiger partial charge in [0.2, 0.25) is 5.91 Å². The van der Waals surface area contributed by atoms with Crippen molar-refractivity contribution in [1.29, 1.82) is 0 Å². The minimum atomic E-state index is -1.25. The molecule has 2 unspecified atom stereocenters. The van der Waals surface area contributed by atoms with E-state index in [0.29, 0.717) is 25.3 Å². The fraction of sp³-hybridized carbons (Fsp3) is 0.333. The normalized spacial score (nSPS) is 22.0. The highest BCUT2D eigenvalue weighted by Gasteiger charge is 2.49. The van der Waals surface area contributed by atoms with Gasteiger partial charge in [0.05, 0.1) is 6.10 Å². The molecule has 8 nitrogen and oxygen atoms in total. The molecule has 5 rings (SSSR count). The lowest BCUT2D eigenvalue weighted by atomic mass is 9.90. The molecule has 8 heteroatoms. The van der Waals surface area contributed by atoms with Crippen molar-refractivity contribution in [3.63, 3.8) is 0 Å².